The number of nitrogens with one attached hydrogen (secondary N) is 1. The molecule has 4 rings (SSSR count). The number of rotatable bonds is 5. The summed E-state index contributed by atoms with van der Waals surface area (Å²) in [6.45, 7) is 1.75. The number of nitrogens with zero attached hydrogens (tertiary/aromatic N) is 6. The molecule has 9 nitrogen and oxygen atoms in total. The molecule has 9 heteroatoms. The van der Waals surface area contributed by atoms with Crippen LogP contribution in [0.1, 0.15) is 12.8 Å². The second-order valence-corrected chi connectivity index (χ2v) is 7.04. The normalized spacial score (nSPS) is 28.0. The summed E-state index contributed by atoms with van der Waals surface area (Å²) in [7, 11) is 1.76. The zero-order chi connectivity index (χ0) is 17.9. The number of likely N-dealkylation sites (tertiary alicyclic amines) is 1. The Labute approximate surface area is 151 Å². The summed E-state index contributed by atoms with van der Waals surface area (Å²) >= 11 is 0. The molecule has 3 heterocycles. The Kier molecular flexibility index (Phi) is 4.79. The fourth-order valence-corrected chi connectivity index (χ4v) is 4.16. The fraction of sp³-hybridized carbons (Fsp3) is 0.588. The molecule has 0 bridgehead atoms. The first-order valence-electron chi connectivity index (χ1n) is 8.92. The molecule has 2 aromatic rings. The van der Waals surface area contributed by atoms with Crippen LogP contribution in [0.4, 0.5) is 5.82 Å². The number of aromatic nitrogens is 5. The van der Waals surface area contributed by atoms with Gasteiger partial charge >= 0.3 is 0 Å². The first-order valence-corrected chi connectivity index (χ1v) is 8.92. The van der Waals surface area contributed by atoms with E-state index in [0.29, 0.717) is 11.8 Å². The maximum atomic E-state index is 12.5. The molecule has 138 valence electrons. The lowest BCUT2D eigenvalue weighted by Crippen LogP contribution is -2.44. The SMILES string of the molecule is CO[C@@H]1C[C@H]2CN(C(=O)Cn3cnnn3)C[C@H]2C[C@H]1Nc1ccccn1. The van der Waals surface area contributed by atoms with Gasteiger partial charge < -0.3 is 15.0 Å². The van der Waals surface area contributed by atoms with Crippen LogP contribution in [0.5, 0.6) is 0 Å². The first kappa shape index (κ1) is 16.9. The average Bonchev–Trinajstić information content (AvgIpc) is 3.31. The Morgan fingerprint density at radius 1 is 1.31 bits per heavy atom. The average molecular weight is 357 g/mol. The third-order valence-corrected chi connectivity index (χ3v) is 5.46. The van der Waals surface area contributed by atoms with Gasteiger partial charge in [-0.2, -0.15) is 0 Å². The van der Waals surface area contributed by atoms with Gasteiger partial charge in [0.2, 0.25) is 5.91 Å². The van der Waals surface area contributed by atoms with Crippen molar-refractivity contribution in [2.75, 3.05) is 25.5 Å². The number of anilines is 1. The van der Waals surface area contributed by atoms with E-state index in [4.69, 9.17) is 4.74 Å². The van der Waals surface area contributed by atoms with Gasteiger partial charge in [0, 0.05) is 26.4 Å². The Bertz CT molecular complexity index is 724. The maximum absolute atomic E-state index is 12.5. The molecule has 0 unspecified atom stereocenters. The van der Waals surface area contributed by atoms with Crippen LogP contribution >= 0.6 is 0 Å². The second-order valence-electron chi connectivity index (χ2n) is 7.04. The lowest BCUT2D eigenvalue weighted by atomic mass is 9.77. The van der Waals surface area contributed by atoms with Crippen LogP contribution in [0.3, 0.4) is 0 Å². The summed E-state index contributed by atoms with van der Waals surface area (Å²) in [4.78, 5) is 18.8. The molecule has 0 radical (unpaired) electrons. The predicted octanol–water partition coefficient (Wildman–Crippen LogP) is 0.432. The summed E-state index contributed by atoms with van der Waals surface area (Å²) in [6, 6.07) is 6.04. The van der Waals surface area contributed by atoms with Gasteiger partial charge in [0.05, 0.1) is 12.1 Å². The topological polar surface area (TPSA) is 98.1 Å². The maximum Gasteiger partial charge on any atom is 0.244 e. The van der Waals surface area contributed by atoms with Crippen molar-refractivity contribution < 1.29 is 9.53 Å². The van der Waals surface area contributed by atoms with E-state index in [1.165, 1.54) is 11.0 Å². The Morgan fingerprint density at radius 2 is 2.15 bits per heavy atom. The molecule has 1 N–H and O–H groups in total. The number of carbonyl (C=O) groups excluding carboxylic acids is 1. The van der Waals surface area contributed by atoms with Crippen molar-refractivity contribution in [2.24, 2.45) is 11.8 Å². The smallest absolute Gasteiger partial charge is 0.244 e. The van der Waals surface area contributed by atoms with Crippen molar-refractivity contribution in [1.29, 1.82) is 0 Å². The molecule has 1 aliphatic carbocycles. The molecular weight excluding hydrogens is 334 g/mol. The quantitative estimate of drug-likeness (QED) is 0.829. The summed E-state index contributed by atoms with van der Waals surface area (Å²) in [5, 5.41) is 14.4. The van der Waals surface area contributed by atoms with E-state index in [1.54, 1.807) is 13.3 Å². The molecule has 1 saturated heterocycles. The van der Waals surface area contributed by atoms with Gasteiger partial charge in [-0.15, -0.1) is 5.10 Å². The lowest BCUT2D eigenvalue weighted by Gasteiger charge is -2.37. The highest BCUT2D eigenvalue weighted by Gasteiger charge is 2.43. The van der Waals surface area contributed by atoms with Gasteiger partial charge in [0.1, 0.15) is 18.7 Å². The highest BCUT2D eigenvalue weighted by molar-refractivity contribution is 5.76. The van der Waals surface area contributed by atoms with Gasteiger partial charge in [-0.05, 0) is 47.2 Å². The zero-order valence-corrected chi connectivity index (χ0v) is 14.7. The Balaban J connectivity index is 1.40. The number of pyridine rings is 1. The van der Waals surface area contributed by atoms with Crippen LogP contribution in [0, 0.1) is 11.8 Å². The monoisotopic (exact) mass is 357 g/mol. The minimum absolute atomic E-state index is 0.0647. The molecule has 0 spiro atoms. The molecular formula is C17H23N7O2. The van der Waals surface area contributed by atoms with E-state index in [-0.39, 0.29) is 24.6 Å². The number of fused-ring (bicyclic) bond motifs is 1. The van der Waals surface area contributed by atoms with Crippen molar-refractivity contribution in [3.05, 3.63) is 30.7 Å². The number of amides is 1. The van der Waals surface area contributed by atoms with Crippen molar-refractivity contribution in [3.8, 4) is 0 Å². The summed E-state index contributed by atoms with van der Waals surface area (Å²) < 4.78 is 7.21. The van der Waals surface area contributed by atoms with Crippen LogP contribution in [-0.4, -0.2) is 68.3 Å². The summed E-state index contributed by atoms with van der Waals surface area (Å²) in [5.41, 5.74) is 0. The van der Waals surface area contributed by atoms with Crippen molar-refractivity contribution >= 4 is 11.7 Å². The highest BCUT2D eigenvalue weighted by atomic mass is 16.5. The largest absolute Gasteiger partial charge is 0.379 e. The minimum Gasteiger partial charge on any atom is -0.379 e. The number of hydrogen-bond donors (Lipinski definition) is 1. The van der Waals surface area contributed by atoms with Crippen LogP contribution in [-0.2, 0) is 16.1 Å². The highest BCUT2D eigenvalue weighted by Crippen LogP contribution is 2.38. The zero-order valence-electron chi connectivity index (χ0n) is 14.7. The van der Waals surface area contributed by atoms with Crippen LogP contribution < -0.4 is 5.32 Å². The standard InChI is InChI=1S/C17H23N7O2/c1-26-15-7-13-9-23(17(25)10-24-11-19-21-22-24)8-12(13)6-14(15)20-16-4-2-3-5-18-16/h2-5,11-15H,6-10H2,1H3,(H,18,20)/t12-,13+,14-,15-/m1/s1. The Hall–Kier alpha value is -2.55. The number of tetrazole rings is 1. The molecule has 1 amide bonds. The molecule has 26 heavy (non-hydrogen) atoms. The third kappa shape index (κ3) is 3.52. The van der Waals surface area contributed by atoms with Gasteiger partial charge in [-0.25, -0.2) is 9.67 Å². The van der Waals surface area contributed by atoms with Gasteiger partial charge in [0.25, 0.3) is 0 Å². The molecule has 2 aliphatic rings. The second kappa shape index (κ2) is 7.36. The summed E-state index contributed by atoms with van der Waals surface area (Å²) in [5.74, 6) is 1.87. The van der Waals surface area contributed by atoms with E-state index < -0.39 is 0 Å². The number of methoxy groups -OCH3 is 1. The van der Waals surface area contributed by atoms with E-state index in [2.05, 4.69) is 25.8 Å². The number of hydrogen-bond acceptors (Lipinski definition) is 7. The first-order chi connectivity index (χ1) is 12.7. The van der Waals surface area contributed by atoms with Crippen molar-refractivity contribution in [3.63, 3.8) is 0 Å². The van der Waals surface area contributed by atoms with Gasteiger partial charge in [-0.3, -0.25) is 4.79 Å². The van der Waals surface area contributed by atoms with Crippen LogP contribution in [0.2, 0.25) is 0 Å². The Morgan fingerprint density at radius 3 is 2.85 bits per heavy atom. The van der Waals surface area contributed by atoms with E-state index in [9.17, 15) is 4.79 Å². The van der Waals surface area contributed by atoms with Crippen LogP contribution in [0.25, 0.3) is 0 Å². The molecule has 1 aliphatic heterocycles. The molecule has 2 aromatic heterocycles. The molecule has 1 saturated carbocycles. The third-order valence-electron chi connectivity index (χ3n) is 5.46. The van der Waals surface area contributed by atoms with Crippen molar-refractivity contribution in [1.82, 2.24) is 30.1 Å². The van der Waals surface area contributed by atoms with Gasteiger partial charge in [0.15, 0.2) is 0 Å². The van der Waals surface area contributed by atoms with Crippen LogP contribution in [0.15, 0.2) is 30.7 Å². The molecule has 4 atom stereocenters. The molecule has 0 aromatic carbocycles. The summed E-state index contributed by atoms with van der Waals surface area (Å²) in [6.07, 6.45) is 5.28. The fourth-order valence-electron chi connectivity index (χ4n) is 4.16. The van der Waals surface area contributed by atoms with E-state index in [0.717, 1.165) is 31.7 Å². The van der Waals surface area contributed by atoms with Gasteiger partial charge in [-0.1, -0.05) is 6.07 Å². The predicted molar refractivity (Wildman–Crippen MR) is 93.1 cm³/mol. The number of carbonyl (C=O) groups is 1. The van der Waals surface area contributed by atoms with E-state index >= 15 is 0 Å². The number of ether oxygens (including phenoxy) is 1. The van der Waals surface area contributed by atoms with E-state index in [1.807, 2.05) is 23.1 Å². The van der Waals surface area contributed by atoms with Crippen molar-refractivity contribution in [2.45, 2.75) is 31.5 Å². The lowest BCUT2D eigenvalue weighted by molar-refractivity contribution is -0.131. The minimum atomic E-state index is 0.0647. The molecule has 2 fully saturated rings.